The fourth-order valence-corrected chi connectivity index (χ4v) is 2.76. The Hall–Kier alpha value is -2.55. The van der Waals surface area contributed by atoms with E-state index in [9.17, 15) is 4.79 Å². The van der Waals surface area contributed by atoms with Gasteiger partial charge < -0.3 is 10.3 Å². The molecule has 0 saturated heterocycles. The van der Waals surface area contributed by atoms with Crippen molar-refractivity contribution in [3.8, 4) is 11.1 Å². The Balaban J connectivity index is 2.32. The van der Waals surface area contributed by atoms with Crippen LogP contribution < -0.4 is 5.73 Å². The van der Waals surface area contributed by atoms with E-state index in [2.05, 4.69) is 18.2 Å². The van der Waals surface area contributed by atoms with Crippen molar-refractivity contribution in [2.45, 2.75) is 13.5 Å². The molecule has 0 bridgehead atoms. The Bertz CT molecular complexity index is 772. The second-order valence-electron chi connectivity index (χ2n) is 4.90. The number of hydrogen-bond donors (Lipinski definition) is 1. The predicted octanol–water partition coefficient (Wildman–Crippen LogP) is 3.10. The number of nitrogens with zero attached hydrogens (tertiary/aromatic N) is 1. The smallest absolute Gasteiger partial charge is 0.237 e. The average Bonchev–Trinajstić information content (AvgIpc) is 2.72. The first-order chi connectivity index (χ1) is 9.68. The summed E-state index contributed by atoms with van der Waals surface area (Å²) in [5.41, 5.74) is 9.81. The van der Waals surface area contributed by atoms with Gasteiger partial charge in [0.2, 0.25) is 5.91 Å². The zero-order valence-corrected chi connectivity index (χ0v) is 11.3. The topological polar surface area (TPSA) is 48.0 Å². The quantitative estimate of drug-likeness (QED) is 0.776. The van der Waals surface area contributed by atoms with Crippen molar-refractivity contribution in [3.63, 3.8) is 0 Å². The third kappa shape index (κ3) is 1.97. The molecule has 1 amide bonds. The minimum Gasteiger partial charge on any atom is -0.368 e. The Kier molecular flexibility index (Phi) is 3.03. The van der Waals surface area contributed by atoms with Crippen LogP contribution in [0.3, 0.4) is 0 Å². The Morgan fingerprint density at radius 3 is 2.40 bits per heavy atom. The van der Waals surface area contributed by atoms with Gasteiger partial charge in [-0.25, -0.2) is 0 Å². The number of fused-ring (bicyclic) bond motifs is 1. The number of carbonyl (C=O) groups excluding carboxylic acids is 1. The minimum atomic E-state index is -0.325. The van der Waals surface area contributed by atoms with Crippen LogP contribution in [-0.4, -0.2) is 10.5 Å². The lowest BCUT2D eigenvalue weighted by Gasteiger charge is -2.06. The van der Waals surface area contributed by atoms with Gasteiger partial charge in [0.25, 0.3) is 0 Å². The summed E-state index contributed by atoms with van der Waals surface area (Å²) in [6.07, 6.45) is 0. The van der Waals surface area contributed by atoms with Crippen molar-refractivity contribution in [2.24, 2.45) is 5.73 Å². The molecule has 0 unspecified atom stereocenters. The highest BCUT2D eigenvalue weighted by Gasteiger charge is 2.15. The fourth-order valence-electron chi connectivity index (χ4n) is 2.76. The van der Waals surface area contributed by atoms with Crippen LogP contribution in [0.25, 0.3) is 22.0 Å². The van der Waals surface area contributed by atoms with Crippen LogP contribution in [0, 0.1) is 6.92 Å². The molecule has 0 aliphatic heterocycles. The summed E-state index contributed by atoms with van der Waals surface area (Å²) in [5.74, 6) is -0.325. The molecule has 2 aromatic carbocycles. The number of nitrogens with two attached hydrogens (primary N) is 1. The van der Waals surface area contributed by atoms with Gasteiger partial charge >= 0.3 is 0 Å². The Labute approximate surface area is 117 Å². The molecule has 3 heteroatoms. The lowest BCUT2D eigenvalue weighted by Crippen LogP contribution is -2.19. The summed E-state index contributed by atoms with van der Waals surface area (Å²) in [6.45, 7) is 2.24. The number of rotatable bonds is 3. The largest absolute Gasteiger partial charge is 0.368 e. The van der Waals surface area contributed by atoms with Gasteiger partial charge in [-0.2, -0.15) is 0 Å². The normalized spacial score (nSPS) is 10.8. The molecule has 0 atom stereocenters. The van der Waals surface area contributed by atoms with Crippen LogP contribution in [0.15, 0.2) is 54.6 Å². The molecule has 0 saturated carbocycles. The maximum Gasteiger partial charge on any atom is 0.237 e. The minimum absolute atomic E-state index is 0.208. The summed E-state index contributed by atoms with van der Waals surface area (Å²) in [4.78, 5) is 11.3. The van der Waals surface area contributed by atoms with Crippen LogP contribution in [0.2, 0.25) is 0 Å². The maximum atomic E-state index is 11.3. The second-order valence-corrected chi connectivity index (χ2v) is 4.90. The van der Waals surface area contributed by atoms with E-state index in [1.54, 1.807) is 0 Å². The molecule has 0 aliphatic carbocycles. The van der Waals surface area contributed by atoms with E-state index < -0.39 is 0 Å². The van der Waals surface area contributed by atoms with Crippen molar-refractivity contribution >= 4 is 16.8 Å². The van der Waals surface area contributed by atoms with Crippen LogP contribution in [0.5, 0.6) is 0 Å². The van der Waals surface area contributed by atoms with Crippen LogP contribution in [0.1, 0.15) is 5.69 Å². The van der Waals surface area contributed by atoms with Crippen molar-refractivity contribution in [1.29, 1.82) is 0 Å². The van der Waals surface area contributed by atoms with Gasteiger partial charge in [0, 0.05) is 22.2 Å². The number of hydrogen-bond acceptors (Lipinski definition) is 1. The molecule has 3 aromatic rings. The lowest BCUT2D eigenvalue weighted by atomic mass is 10.0. The number of carbonyl (C=O) groups is 1. The van der Waals surface area contributed by atoms with Gasteiger partial charge in [-0.15, -0.1) is 0 Å². The third-order valence-corrected chi connectivity index (χ3v) is 3.61. The van der Waals surface area contributed by atoms with Crippen molar-refractivity contribution in [3.05, 3.63) is 60.3 Å². The number of primary amides is 1. The average molecular weight is 264 g/mol. The Morgan fingerprint density at radius 2 is 1.70 bits per heavy atom. The highest BCUT2D eigenvalue weighted by molar-refractivity contribution is 5.98. The molecule has 0 fully saturated rings. The van der Waals surface area contributed by atoms with Crippen LogP contribution in [-0.2, 0) is 11.3 Å². The van der Waals surface area contributed by atoms with E-state index in [4.69, 9.17) is 5.73 Å². The van der Waals surface area contributed by atoms with Crippen molar-refractivity contribution in [1.82, 2.24) is 4.57 Å². The summed E-state index contributed by atoms with van der Waals surface area (Å²) in [6, 6.07) is 18.3. The SMILES string of the molecule is Cc1c(-c2ccccc2)c2ccccc2n1CC(N)=O. The molecule has 1 heterocycles. The summed E-state index contributed by atoms with van der Waals surface area (Å²) >= 11 is 0. The zero-order chi connectivity index (χ0) is 14.1. The van der Waals surface area contributed by atoms with E-state index >= 15 is 0 Å². The van der Waals surface area contributed by atoms with E-state index in [1.807, 2.05) is 47.9 Å². The lowest BCUT2D eigenvalue weighted by molar-refractivity contribution is -0.118. The summed E-state index contributed by atoms with van der Waals surface area (Å²) < 4.78 is 1.99. The van der Waals surface area contributed by atoms with Gasteiger partial charge in [-0.1, -0.05) is 48.5 Å². The first-order valence-electron chi connectivity index (χ1n) is 6.60. The van der Waals surface area contributed by atoms with Gasteiger partial charge in [0.05, 0.1) is 0 Å². The molecule has 3 rings (SSSR count). The summed E-state index contributed by atoms with van der Waals surface area (Å²) in [7, 11) is 0. The zero-order valence-electron chi connectivity index (χ0n) is 11.3. The van der Waals surface area contributed by atoms with Crippen LogP contribution >= 0.6 is 0 Å². The third-order valence-electron chi connectivity index (χ3n) is 3.61. The standard InChI is InChI=1S/C17H16N2O/c1-12-17(13-7-3-2-4-8-13)14-9-5-6-10-15(14)19(12)11-16(18)20/h2-10H,11H2,1H3,(H2,18,20). The molecular weight excluding hydrogens is 248 g/mol. The van der Waals surface area contributed by atoms with Crippen LogP contribution in [0.4, 0.5) is 0 Å². The molecule has 0 spiro atoms. The van der Waals surface area contributed by atoms with Crippen molar-refractivity contribution in [2.75, 3.05) is 0 Å². The molecule has 0 radical (unpaired) electrons. The van der Waals surface area contributed by atoms with Gasteiger partial charge in [-0.3, -0.25) is 4.79 Å². The number of amides is 1. The van der Waals surface area contributed by atoms with E-state index in [0.717, 1.165) is 22.2 Å². The molecule has 2 N–H and O–H groups in total. The van der Waals surface area contributed by atoms with E-state index in [1.165, 1.54) is 5.56 Å². The Morgan fingerprint density at radius 1 is 1.05 bits per heavy atom. The fraction of sp³-hybridized carbons (Fsp3) is 0.118. The van der Waals surface area contributed by atoms with E-state index in [-0.39, 0.29) is 12.5 Å². The first-order valence-corrected chi connectivity index (χ1v) is 6.60. The summed E-state index contributed by atoms with van der Waals surface area (Å²) in [5, 5.41) is 1.15. The monoisotopic (exact) mass is 264 g/mol. The van der Waals surface area contributed by atoms with E-state index in [0.29, 0.717) is 0 Å². The predicted molar refractivity (Wildman–Crippen MR) is 81.3 cm³/mol. The van der Waals surface area contributed by atoms with Crippen molar-refractivity contribution < 1.29 is 4.79 Å². The number of benzene rings is 2. The molecule has 20 heavy (non-hydrogen) atoms. The van der Waals surface area contributed by atoms with Gasteiger partial charge in [0.1, 0.15) is 6.54 Å². The first kappa shape index (κ1) is 12.5. The molecule has 3 nitrogen and oxygen atoms in total. The molecule has 1 aromatic heterocycles. The van der Waals surface area contributed by atoms with Gasteiger partial charge in [-0.05, 0) is 18.6 Å². The number of para-hydroxylation sites is 1. The van der Waals surface area contributed by atoms with Gasteiger partial charge in [0.15, 0.2) is 0 Å². The molecule has 0 aliphatic rings. The second kappa shape index (κ2) is 4.85. The number of aromatic nitrogens is 1. The molecular formula is C17H16N2O. The highest BCUT2D eigenvalue weighted by Crippen LogP contribution is 2.34. The highest BCUT2D eigenvalue weighted by atomic mass is 16.1. The molecule has 100 valence electrons. The maximum absolute atomic E-state index is 11.3.